The number of rotatable bonds is 5. The number of benzene rings is 1. The van der Waals surface area contributed by atoms with E-state index in [1.807, 2.05) is 0 Å². The van der Waals surface area contributed by atoms with Crippen LogP contribution in [-0.4, -0.2) is 43.8 Å². The van der Waals surface area contributed by atoms with Crippen molar-refractivity contribution < 1.29 is 17.9 Å². The topological polar surface area (TPSA) is 88.6 Å². The molecule has 0 unspecified atom stereocenters. The Morgan fingerprint density at radius 2 is 2.08 bits per heavy atom. The van der Waals surface area contributed by atoms with Crippen LogP contribution >= 0.6 is 11.3 Å². The van der Waals surface area contributed by atoms with Crippen molar-refractivity contribution in [2.24, 2.45) is 0 Å². The fourth-order valence-corrected chi connectivity index (χ4v) is 4.76. The fourth-order valence-electron chi connectivity index (χ4n) is 2.54. The number of carbonyl (C=O) groups excluding carboxylic acids is 1. The Labute approximate surface area is 144 Å². The zero-order valence-electron chi connectivity index (χ0n) is 13.1. The summed E-state index contributed by atoms with van der Waals surface area (Å²) < 4.78 is 32.2. The van der Waals surface area contributed by atoms with Gasteiger partial charge in [-0.2, -0.15) is 4.31 Å². The first-order valence-corrected chi connectivity index (χ1v) is 9.73. The maximum Gasteiger partial charge on any atom is 0.257 e. The molecular weight excluding hydrogens is 350 g/mol. The third-order valence-corrected chi connectivity index (χ3v) is 6.37. The number of methoxy groups -OCH3 is 1. The first-order chi connectivity index (χ1) is 11.5. The molecule has 7 nitrogen and oxygen atoms in total. The standard InChI is InChI=1S/C15H17N3O4S2/c1-22-12-5-4-11(14(19)17-15-16-6-9-23-15)10-13(12)24(20,21)18-7-2-3-8-18/h4-6,9-10H,2-3,7-8H2,1H3,(H,16,17,19). The van der Waals surface area contributed by atoms with Crippen molar-refractivity contribution in [3.63, 3.8) is 0 Å². The van der Waals surface area contributed by atoms with Crippen molar-refractivity contribution in [2.75, 3.05) is 25.5 Å². The molecule has 0 aliphatic carbocycles. The molecule has 1 N–H and O–H groups in total. The molecule has 1 fully saturated rings. The summed E-state index contributed by atoms with van der Waals surface area (Å²) in [6.07, 6.45) is 3.26. The minimum atomic E-state index is -3.68. The van der Waals surface area contributed by atoms with Crippen LogP contribution in [0.2, 0.25) is 0 Å². The van der Waals surface area contributed by atoms with Gasteiger partial charge in [0.25, 0.3) is 5.91 Å². The lowest BCUT2D eigenvalue weighted by molar-refractivity contribution is 0.102. The number of nitrogens with one attached hydrogen (secondary N) is 1. The molecule has 1 aliphatic rings. The number of aromatic nitrogens is 1. The van der Waals surface area contributed by atoms with Gasteiger partial charge in [0.2, 0.25) is 10.0 Å². The molecule has 3 rings (SSSR count). The molecule has 1 amide bonds. The Kier molecular flexibility index (Phi) is 4.83. The van der Waals surface area contributed by atoms with E-state index in [-0.39, 0.29) is 16.2 Å². The number of amides is 1. The first-order valence-electron chi connectivity index (χ1n) is 7.41. The second-order valence-electron chi connectivity index (χ2n) is 5.27. The van der Waals surface area contributed by atoms with E-state index in [0.29, 0.717) is 18.2 Å². The van der Waals surface area contributed by atoms with E-state index in [1.165, 1.54) is 41.0 Å². The Morgan fingerprint density at radius 1 is 1.33 bits per heavy atom. The summed E-state index contributed by atoms with van der Waals surface area (Å²) in [7, 11) is -2.27. The van der Waals surface area contributed by atoms with E-state index in [2.05, 4.69) is 10.3 Å². The van der Waals surface area contributed by atoms with Crippen LogP contribution in [0.3, 0.4) is 0 Å². The Morgan fingerprint density at radius 3 is 2.71 bits per heavy atom. The summed E-state index contributed by atoms with van der Waals surface area (Å²) in [5.41, 5.74) is 0.240. The average molecular weight is 367 g/mol. The SMILES string of the molecule is COc1ccc(C(=O)Nc2nccs2)cc1S(=O)(=O)N1CCCC1. The van der Waals surface area contributed by atoms with Crippen molar-refractivity contribution in [1.29, 1.82) is 0 Å². The highest BCUT2D eigenvalue weighted by atomic mass is 32.2. The van der Waals surface area contributed by atoms with Crippen LogP contribution in [0.4, 0.5) is 5.13 Å². The summed E-state index contributed by atoms with van der Waals surface area (Å²) in [6, 6.07) is 4.39. The number of sulfonamides is 1. The lowest BCUT2D eigenvalue weighted by Crippen LogP contribution is -2.28. The number of ether oxygens (including phenoxy) is 1. The zero-order chi connectivity index (χ0) is 17.2. The number of anilines is 1. The highest BCUT2D eigenvalue weighted by molar-refractivity contribution is 7.89. The molecule has 0 radical (unpaired) electrons. The summed E-state index contributed by atoms with van der Waals surface area (Å²) in [6.45, 7) is 0.974. The van der Waals surface area contributed by atoms with Crippen molar-refractivity contribution in [3.8, 4) is 5.75 Å². The van der Waals surface area contributed by atoms with Gasteiger partial charge < -0.3 is 4.74 Å². The van der Waals surface area contributed by atoms with Gasteiger partial charge in [-0.15, -0.1) is 11.3 Å². The lowest BCUT2D eigenvalue weighted by atomic mass is 10.2. The second kappa shape index (κ2) is 6.88. The Bertz CT molecular complexity index is 828. The molecule has 0 saturated carbocycles. The molecule has 2 aromatic rings. The third-order valence-electron chi connectivity index (χ3n) is 3.76. The Balaban J connectivity index is 1.94. The van der Waals surface area contributed by atoms with Gasteiger partial charge in [-0.25, -0.2) is 13.4 Å². The normalized spacial score (nSPS) is 15.4. The van der Waals surface area contributed by atoms with Crippen molar-refractivity contribution in [2.45, 2.75) is 17.7 Å². The molecule has 0 atom stereocenters. The van der Waals surface area contributed by atoms with Crippen LogP contribution in [0.15, 0.2) is 34.7 Å². The van der Waals surface area contributed by atoms with E-state index in [0.717, 1.165) is 12.8 Å². The monoisotopic (exact) mass is 367 g/mol. The number of thiazole rings is 1. The van der Waals surface area contributed by atoms with Gasteiger partial charge in [-0.3, -0.25) is 10.1 Å². The molecule has 0 bridgehead atoms. The summed E-state index contributed by atoms with van der Waals surface area (Å²) in [4.78, 5) is 16.3. The van der Waals surface area contributed by atoms with Crippen LogP contribution in [0.5, 0.6) is 5.75 Å². The molecule has 1 aromatic carbocycles. The highest BCUT2D eigenvalue weighted by Gasteiger charge is 2.30. The molecule has 1 aromatic heterocycles. The minimum Gasteiger partial charge on any atom is -0.495 e. The van der Waals surface area contributed by atoms with Gasteiger partial charge >= 0.3 is 0 Å². The van der Waals surface area contributed by atoms with Crippen LogP contribution in [0.1, 0.15) is 23.2 Å². The van der Waals surface area contributed by atoms with Gasteiger partial charge in [0.15, 0.2) is 5.13 Å². The van der Waals surface area contributed by atoms with E-state index < -0.39 is 15.9 Å². The summed E-state index contributed by atoms with van der Waals surface area (Å²) in [5, 5.41) is 4.84. The van der Waals surface area contributed by atoms with Crippen molar-refractivity contribution >= 4 is 32.4 Å². The van der Waals surface area contributed by atoms with Gasteiger partial charge in [0, 0.05) is 30.2 Å². The lowest BCUT2D eigenvalue weighted by Gasteiger charge is -2.18. The van der Waals surface area contributed by atoms with E-state index >= 15 is 0 Å². The maximum atomic E-state index is 12.8. The summed E-state index contributed by atoms with van der Waals surface area (Å²) >= 11 is 1.29. The molecule has 24 heavy (non-hydrogen) atoms. The van der Waals surface area contributed by atoms with Crippen molar-refractivity contribution in [3.05, 3.63) is 35.3 Å². The smallest absolute Gasteiger partial charge is 0.257 e. The molecule has 0 spiro atoms. The summed E-state index contributed by atoms with van der Waals surface area (Å²) in [5.74, 6) is -0.182. The van der Waals surface area contributed by atoms with Gasteiger partial charge in [0.05, 0.1) is 7.11 Å². The van der Waals surface area contributed by atoms with E-state index in [1.54, 1.807) is 11.6 Å². The van der Waals surface area contributed by atoms with Crippen LogP contribution in [-0.2, 0) is 10.0 Å². The molecule has 128 valence electrons. The quantitative estimate of drug-likeness (QED) is 0.875. The maximum absolute atomic E-state index is 12.8. The second-order valence-corrected chi connectivity index (χ2v) is 8.07. The third kappa shape index (κ3) is 3.28. The average Bonchev–Trinajstić information content (AvgIpc) is 3.28. The molecule has 1 aliphatic heterocycles. The molecular formula is C15H17N3O4S2. The predicted molar refractivity (Wildman–Crippen MR) is 91.1 cm³/mol. The Hall–Kier alpha value is -1.97. The highest BCUT2D eigenvalue weighted by Crippen LogP contribution is 2.30. The first kappa shape index (κ1) is 16.9. The van der Waals surface area contributed by atoms with Gasteiger partial charge in [-0.1, -0.05) is 0 Å². The van der Waals surface area contributed by atoms with Crippen LogP contribution in [0.25, 0.3) is 0 Å². The predicted octanol–water partition coefficient (Wildman–Crippen LogP) is 2.19. The van der Waals surface area contributed by atoms with E-state index in [4.69, 9.17) is 4.74 Å². The largest absolute Gasteiger partial charge is 0.495 e. The zero-order valence-corrected chi connectivity index (χ0v) is 14.7. The van der Waals surface area contributed by atoms with Gasteiger partial charge in [0.1, 0.15) is 10.6 Å². The van der Waals surface area contributed by atoms with Gasteiger partial charge in [-0.05, 0) is 31.0 Å². The molecule has 2 heterocycles. The minimum absolute atomic E-state index is 0.0127. The number of hydrogen-bond donors (Lipinski definition) is 1. The number of carbonyl (C=O) groups is 1. The number of hydrogen-bond acceptors (Lipinski definition) is 6. The van der Waals surface area contributed by atoms with E-state index in [9.17, 15) is 13.2 Å². The number of nitrogens with zero attached hydrogens (tertiary/aromatic N) is 2. The molecule has 1 saturated heterocycles. The van der Waals surface area contributed by atoms with Crippen molar-refractivity contribution in [1.82, 2.24) is 9.29 Å². The van der Waals surface area contributed by atoms with Crippen LogP contribution < -0.4 is 10.1 Å². The molecule has 9 heteroatoms. The van der Waals surface area contributed by atoms with Crippen LogP contribution in [0, 0.1) is 0 Å². The fraction of sp³-hybridized carbons (Fsp3) is 0.333.